The number of aromatic hydroxyl groups is 1. The number of terminal acetylenes is 1. The van der Waals surface area contributed by atoms with E-state index < -0.39 is 11.6 Å². The van der Waals surface area contributed by atoms with Crippen LogP contribution < -0.4 is 25.6 Å². The maximum Gasteiger partial charge on any atom is 0.318 e. The summed E-state index contributed by atoms with van der Waals surface area (Å²) < 4.78 is 37.8. The first-order valence-electron chi connectivity index (χ1n) is 23.5. The summed E-state index contributed by atoms with van der Waals surface area (Å²) in [5.41, 5.74) is 3.06. The number of carbonyl (C=O) groups excluding carboxylic acids is 3. The number of rotatable bonds is 7. The number of methoxy groups -OCH3 is 1. The number of aromatic nitrogens is 5. The molecule has 18 heteroatoms. The quantitative estimate of drug-likeness (QED) is 0.0944. The van der Waals surface area contributed by atoms with Crippen molar-refractivity contribution >= 4 is 56.6 Å². The summed E-state index contributed by atoms with van der Waals surface area (Å²) in [6.07, 6.45) is 14.3. The molecule has 3 unspecified atom stereocenters. The van der Waals surface area contributed by atoms with Crippen LogP contribution in [0.2, 0.25) is 0 Å². The molecule has 3 aromatic heterocycles. The fraction of sp³-hybridized carbons (Fsp3) is 0.431. The third-order valence-electron chi connectivity index (χ3n) is 14.2. The Hall–Kier alpha value is -6.81. The standard InChI is InChI=1S/C26H21F2N5O2.C19H22N4O3.C6H14N2/c1-3-17-20(27)7-4-13-8-16(34)9-18(21(13)17)23-22(28)24-19(10-29-23)25(32-26(31-24)35-2)33-11-14-5-6-15(12-33)30-14;1-22-16-10-13(12-6-8-23(11-24)9-7-12)2-3-14(16)18(21-22)15-4-5-17(25)20-19(15)26;1-7-6-3-4-8(2)5-6/h1,4,7-10,14-15,30,34H,5-6,11-12H2,2H3;2-3,10-12,15H,4-9H2,1H3,(H,20,25,26);6-7H,3-5H2,1-2H3/t;;6-/m..1/s1. The number of nitrogens with zero attached hydrogens (tertiary/aromatic N) is 8. The highest BCUT2D eigenvalue weighted by molar-refractivity contribution is 6.04. The molecule has 11 rings (SSSR count). The minimum atomic E-state index is -0.735. The van der Waals surface area contributed by atoms with Gasteiger partial charge in [-0.05, 0) is 100 Å². The number of benzene rings is 3. The number of anilines is 1. The Balaban J connectivity index is 0.000000153. The molecule has 5 aliphatic heterocycles. The van der Waals surface area contributed by atoms with Crippen molar-refractivity contribution in [2.75, 3.05) is 65.4 Å². The number of fused-ring (bicyclic) bond motifs is 5. The van der Waals surface area contributed by atoms with E-state index in [0.717, 1.165) is 80.9 Å². The minimum Gasteiger partial charge on any atom is -0.508 e. The van der Waals surface area contributed by atoms with Crippen molar-refractivity contribution in [1.82, 2.24) is 50.5 Å². The molecule has 3 aromatic carbocycles. The Morgan fingerprint density at radius 1 is 0.942 bits per heavy atom. The number of likely N-dealkylation sites (N-methyl/N-ethyl adjacent to an activating group) is 2. The molecule has 3 amide bonds. The summed E-state index contributed by atoms with van der Waals surface area (Å²) in [5.74, 6) is 1.01. The smallest absolute Gasteiger partial charge is 0.318 e. The number of piperazine rings is 1. The summed E-state index contributed by atoms with van der Waals surface area (Å²) in [6.45, 7) is 5.52. The number of halogens is 2. The maximum atomic E-state index is 16.1. The van der Waals surface area contributed by atoms with E-state index in [2.05, 4.69) is 70.9 Å². The van der Waals surface area contributed by atoms with E-state index in [9.17, 15) is 23.9 Å². The van der Waals surface area contributed by atoms with Crippen molar-refractivity contribution in [3.63, 3.8) is 0 Å². The largest absolute Gasteiger partial charge is 0.508 e. The zero-order valence-corrected chi connectivity index (χ0v) is 39.3. The van der Waals surface area contributed by atoms with Crippen LogP contribution in [0.4, 0.5) is 14.6 Å². The van der Waals surface area contributed by atoms with Crippen LogP contribution in [0.3, 0.4) is 0 Å². The molecule has 4 atom stereocenters. The van der Waals surface area contributed by atoms with Crippen LogP contribution in [0.15, 0.2) is 48.7 Å². The van der Waals surface area contributed by atoms with Crippen LogP contribution in [0, 0.1) is 24.0 Å². The van der Waals surface area contributed by atoms with Crippen LogP contribution >= 0.6 is 0 Å². The molecular formula is C51H57F2N11O5. The molecule has 5 fully saturated rings. The molecule has 69 heavy (non-hydrogen) atoms. The fourth-order valence-electron chi connectivity index (χ4n) is 10.5. The highest BCUT2D eigenvalue weighted by Gasteiger charge is 2.35. The average Bonchev–Trinajstić information content (AvgIpc) is 4.05. The van der Waals surface area contributed by atoms with E-state index in [1.165, 1.54) is 62.6 Å². The second-order valence-electron chi connectivity index (χ2n) is 18.7. The minimum absolute atomic E-state index is 0.0258. The Morgan fingerprint density at radius 3 is 2.36 bits per heavy atom. The molecule has 5 aliphatic rings. The third kappa shape index (κ3) is 9.63. The number of nitrogens with one attached hydrogen (secondary N) is 3. The molecule has 2 bridgehead atoms. The van der Waals surface area contributed by atoms with E-state index >= 15 is 4.39 Å². The highest BCUT2D eigenvalue weighted by atomic mass is 19.1. The normalized spacial score (nSPS) is 21.7. The molecule has 0 saturated carbocycles. The van der Waals surface area contributed by atoms with Crippen LogP contribution in [0.5, 0.6) is 11.8 Å². The van der Waals surface area contributed by atoms with Gasteiger partial charge in [0.15, 0.2) is 5.82 Å². The average molecular weight is 942 g/mol. The summed E-state index contributed by atoms with van der Waals surface area (Å²) in [7, 11) is 7.51. The molecule has 360 valence electrons. The van der Waals surface area contributed by atoms with Crippen LogP contribution in [0.25, 0.3) is 43.8 Å². The van der Waals surface area contributed by atoms with Gasteiger partial charge in [0, 0.05) is 86.9 Å². The molecule has 8 heterocycles. The lowest BCUT2D eigenvalue weighted by Gasteiger charge is -2.34. The maximum absolute atomic E-state index is 16.1. The first kappa shape index (κ1) is 47.3. The first-order valence-corrected chi connectivity index (χ1v) is 23.5. The number of phenolic OH excluding ortho intramolecular Hbond substituents is 1. The molecular weight excluding hydrogens is 885 g/mol. The van der Waals surface area contributed by atoms with Gasteiger partial charge in [0.05, 0.1) is 35.2 Å². The second kappa shape index (κ2) is 20.0. The van der Waals surface area contributed by atoms with E-state index in [1.807, 2.05) is 29.7 Å². The van der Waals surface area contributed by atoms with Crippen molar-refractivity contribution in [3.05, 3.63) is 77.1 Å². The highest BCUT2D eigenvalue weighted by Crippen LogP contribution is 2.40. The molecule has 0 radical (unpaired) electrons. The monoisotopic (exact) mass is 941 g/mol. The summed E-state index contributed by atoms with van der Waals surface area (Å²) in [6, 6.07) is 13.3. The van der Waals surface area contributed by atoms with Gasteiger partial charge in [-0.25, -0.2) is 8.78 Å². The summed E-state index contributed by atoms with van der Waals surface area (Å²) in [4.78, 5) is 54.0. The molecule has 0 aliphatic carbocycles. The van der Waals surface area contributed by atoms with Crippen LogP contribution in [-0.2, 0) is 21.4 Å². The third-order valence-corrected chi connectivity index (χ3v) is 14.2. The lowest BCUT2D eigenvalue weighted by atomic mass is 9.88. The van der Waals surface area contributed by atoms with E-state index in [1.54, 1.807) is 0 Å². The Labute approximate surface area is 398 Å². The van der Waals surface area contributed by atoms with Gasteiger partial charge in [-0.15, -0.1) is 6.42 Å². The fourth-order valence-corrected chi connectivity index (χ4v) is 10.5. The van der Waals surface area contributed by atoms with Gasteiger partial charge in [0.2, 0.25) is 18.2 Å². The zero-order valence-electron chi connectivity index (χ0n) is 39.3. The van der Waals surface area contributed by atoms with Gasteiger partial charge < -0.3 is 35.2 Å². The second-order valence-corrected chi connectivity index (χ2v) is 18.7. The number of aryl methyl sites for hydroxylation is 1. The Kier molecular flexibility index (Phi) is 13.7. The topological polar surface area (TPSA) is 183 Å². The Bertz CT molecular complexity index is 2970. The first-order chi connectivity index (χ1) is 33.3. The van der Waals surface area contributed by atoms with Gasteiger partial charge in [0.1, 0.15) is 28.6 Å². The molecule has 4 N–H and O–H groups in total. The van der Waals surface area contributed by atoms with Crippen LogP contribution in [0.1, 0.15) is 73.6 Å². The predicted octanol–water partition coefficient (Wildman–Crippen LogP) is 5.10. The predicted molar refractivity (Wildman–Crippen MR) is 259 cm³/mol. The Morgan fingerprint density at radius 2 is 1.71 bits per heavy atom. The van der Waals surface area contributed by atoms with Gasteiger partial charge in [-0.2, -0.15) is 15.1 Å². The summed E-state index contributed by atoms with van der Waals surface area (Å²) in [5, 5.41) is 26.3. The number of amides is 3. The van der Waals surface area contributed by atoms with Crippen molar-refractivity contribution in [3.8, 4) is 35.4 Å². The lowest BCUT2D eigenvalue weighted by molar-refractivity contribution is -0.134. The number of carbonyl (C=O) groups is 3. The number of piperidine rings is 2. The van der Waals surface area contributed by atoms with E-state index in [4.69, 9.17) is 11.2 Å². The number of hydrogen-bond donors (Lipinski definition) is 4. The molecule has 5 saturated heterocycles. The number of imide groups is 1. The van der Waals surface area contributed by atoms with Crippen molar-refractivity contribution < 1.29 is 33.0 Å². The van der Waals surface area contributed by atoms with Crippen molar-refractivity contribution in [2.24, 2.45) is 7.05 Å². The van der Waals surface area contributed by atoms with Crippen LogP contribution in [-0.4, -0.2) is 136 Å². The summed E-state index contributed by atoms with van der Waals surface area (Å²) >= 11 is 0. The van der Waals surface area contributed by atoms with Gasteiger partial charge in [-0.3, -0.25) is 29.4 Å². The molecule has 6 aromatic rings. The zero-order chi connectivity index (χ0) is 48.5. The number of phenols is 1. The number of pyridine rings is 1. The SMILES string of the molecule is C#Cc1c(F)ccc2cc(O)cc(-c3ncc4c(N5CC6CCC(C5)N6)nc(OC)nc4c3F)c12.CN[C@@H]1CCN(C)C1.Cn1nc(C2CCC(=O)NC2=O)c2ccc(C3CCN(C=O)CC3)cc21. The number of hydrogen-bond acceptors (Lipinski definition) is 13. The molecule has 16 nitrogen and oxygen atoms in total. The van der Waals surface area contributed by atoms with E-state index in [0.29, 0.717) is 47.4 Å². The molecule has 0 spiro atoms. The van der Waals surface area contributed by atoms with Gasteiger partial charge >= 0.3 is 6.01 Å². The lowest BCUT2D eigenvalue weighted by Crippen LogP contribution is -2.51. The van der Waals surface area contributed by atoms with E-state index in [-0.39, 0.29) is 57.2 Å². The number of likely N-dealkylation sites (tertiary alicyclic amines) is 2. The van der Waals surface area contributed by atoms with Gasteiger partial charge in [-0.1, -0.05) is 24.1 Å². The van der Waals surface area contributed by atoms with Crippen molar-refractivity contribution in [2.45, 2.75) is 74.9 Å². The van der Waals surface area contributed by atoms with Crippen molar-refractivity contribution in [1.29, 1.82) is 0 Å². The number of ether oxygens (including phenoxy) is 1. The van der Waals surface area contributed by atoms with Gasteiger partial charge in [0.25, 0.3) is 0 Å².